The van der Waals surface area contributed by atoms with Gasteiger partial charge in [0.05, 0.1) is 18.4 Å². The van der Waals surface area contributed by atoms with E-state index in [-0.39, 0.29) is 17.2 Å². The molecule has 0 aliphatic rings. The Morgan fingerprint density at radius 2 is 1.81 bits per heavy atom. The summed E-state index contributed by atoms with van der Waals surface area (Å²) in [5.41, 5.74) is 0.780. The number of nitrogens with one attached hydrogen (secondary N) is 2. The maximum atomic E-state index is 12.5. The van der Waals surface area contributed by atoms with E-state index in [1.54, 1.807) is 38.1 Å². The molecule has 0 radical (unpaired) electrons. The summed E-state index contributed by atoms with van der Waals surface area (Å²) in [6.45, 7) is 2.90. The van der Waals surface area contributed by atoms with Crippen LogP contribution in [-0.4, -0.2) is 37.5 Å². The summed E-state index contributed by atoms with van der Waals surface area (Å²) in [7, 11) is 1.52. The molecule has 2 rings (SSSR count). The van der Waals surface area contributed by atoms with E-state index in [9.17, 15) is 14.4 Å². The highest BCUT2D eigenvalue weighted by atomic mass is 35.5. The van der Waals surface area contributed by atoms with E-state index in [2.05, 4.69) is 10.6 Å². The second-order valence-electron chi connectivity index (χ2n) is 6.88. The Morgan fingerprint density at radius 3 is 2.39 bits per heavy atom. The van der Waals surface area contributed by atoms with Crippen molar-refractivity contribution in [1.29, 1.82) is 5.26 Å². The first kappa shape index (κ1) is 23.7. The van der Waals surface area contributed by atoms with E-state index >= 15 is 0 Å². The summed E-state index contributed by atoms with van der Waals surface area (Å²) >= 11 is 5.88. The van der Waals surface area contributed by atoms with Crippen LogP contribution in [-0.2, 0) is 14.3 Å². The standard InChI is InChI=1S/C22H22ClN3O5/c1-13(2)20(26-21(28)14-5-8-17(30-3)9-6-14)22(29)31-12-19(27)25-18-10-16(23)7-4-15(18)11-24/h4-10,13,20H,12H2,1-3H3,(H,25,27)(H,26,28)/t20-/m0/s1. The third kappa shape index (κ3) is 6.73. The van der Waals surface area contributed by atoms with E-state index in [1.165, 1.54) is 25.3 Å². The monoisotopic (exact) mass is 443 g/mol. The fourth-order valence-electron chi connectivity index (χ4n) is 2.59. The van der Waals surface area contributed by atoms with Gasteiger partial charge in [0.1, 0.15) is 17.9 Å². The fourth-order valence-corrected chi connectivity index (χ4v) is 2.77. The quantitative estimate of drug-likeness (QED) is 0.605. The summed E-state index contributed by atoms with van der Waals surface area (Å²) in [5, 5.41) is 14.5. The van der Waals surface area contributed by atoms with Crippen LogP contribution in [0, 0.1) is 17.2 Å². The van der Waals surface area contributed by atoms with Gasteiger partial charge in [-0.2, -0.15) is 5.26 Å². The first-order chi connectivity index (χ1) is 14.7. The lowest BCUT2D eigenvalue weighted by Crippen LogP contribution is -2.45. The fraction of sp³-hybridized carbons (Fsp3) is 0.273. The third-order valence-corrected chi connectivity index (χ3v) is 4.52. The Hall–Kier alpha value is -3.57. The van der Waals surface area contributed by atoms with Crippen LogP contribution in [0.1, 0.15) is 29.8 Å². The van der Waals surface area contributed by atoms with Gasteiger partial charge < -0.3 is 20.1 Å². The summed E-state index contributed by atoms with van der Waals surface area (Å²) < 4.78 is 10.1. The van der Waals surface area contributed by atoms with Gasteiger partial charge in [-0.15, -0.1) is 0 Å². The molecule has 0 spiro atoms. The van der Waals surface area contributed by atoms with Gasteiger partial charge in [-0.05, 0) is 48.4 Å². The number of rotatable bonds is 8. The molecule has 162 valence electrons. The lowest BCUT2D eigenvalue weighted by atomic mass is 10.0. The minimum atomic E-state index is -0.955. The number of carbonyl (C=O) groups excluding carboxylic acids is 3. The van der Waals surface area contributed by atoms with Crippen molar-refractivity contribution in [2.75, 3.05) is 19.0 Å². The van der Waals surface area contributed by atoms with Crippen molar-refractivity contribution >= 4 is 35.1 Å². The number of benzene rings is 2. The van der Waals surface area contributed by atoms with Crippen LogP contribution >= 0.6 is 11.6 Å². The number of carbonyl (C=O) groups is 3. The molecule has 0 bridgehead atoms. The number of methoxy groups -OCH3 is 1. The van der Waals surface area contributed by atoms with Gasteiger partial charge in [0.15, 0.2) is 6.61 Å². The zero-order valence-electron chi connectivity index (χ0n) is 17.3. The number of hydrogen-bond acceptors (Lipinski definition) is 6. The van der Waals surface area contributed by atoms with Gasteiger partial charge in [-0.25, -0.2) is 4.79 Å². The summed E-state index contributed by atoms with van der Waals surface area (Å²) in [5.74, 6) is -1.53. The molecule has 0 aliphatic carbocycles. The van der Waals surface area contributed by atoms with Crippen LogP contribution in [0.15, 0.2) is 42.5 Å². The number of nitrogens with zero attached hydrogens (tertiary/aromatic N) is 1. The minimum Gasteiger partial charge on any atom is -0.497 e. The van der Waals surface area contributed by atoms with Crippen LogP contribution in [0.5, 0.6) is 5.75 Å². The molecule has 0 saturated heterocycles. The highest BCUT2D eigenvalue weighted by molar-refractivity contribution is 6.31. The SMILES string of the molecule is COc1ccc(C(=O)N[C@H](C(=O)OCC(=O)Nc2cc(Cl)ccc2C#N)C(C)C)cc1. The molecule has 0 fully saturated rings. The van der Waals surface area contributed by atoms with Crippen molar-refractivity contribution in [2.45, 2.75) is 19.9 Å². The molecule has 2 N–H and O–H groups in total. The minimum absolute atomic E-state index is 0.212. The molecular weight excluding hydrogens is 422 g/mol. The van der Waals surface area contributed by atoms with Crippen LogP contribution in [0.25, 0.3) is 0 Å². The molecule has 2 aromatic rings. The molecular formula is C22H22ClN3O5. The molecule has 2 aromatic carbocycles. The van der Waals surface area contributed by atoms with Crippen molar-refractivity contribution in [1.82, 2.24) is 5.32 Å². The van der Waals surface area contributed by atoms with Crippen LogP contribution in [0.4, 0.5) is 5.69 Å². The van der Waals surface area contributed by atoms with Crippen LogP contribution < -0.4 is 15.4 Å². The normalized spacial score (nSPS) is 11.2. The molecule has 0 heterocycles. The average molecular weight is 444 g/mol. The number of ether oxygens (including phenoxy) is 2. The van der Waals surface area contributed by atoms with E-state index < -0.39 is 30.4 Å². The molecule has 0 aliphatic heterocycles. The topological polar surface area (TPSA) is 118 Å². The lowest BCUT2D eigenvalue weighted by Gasteiger charge is -2.21. The third-order valence-electron chi connectivity index (χ3n) is 4.28. The van der Waals surface area contributed by atoms with Crippen LogP contribution in [0.3, 0.4) is 0 Å². The number of amides is 2. The number of nitriles is 1. The Balaban J connectivity index is 1.97. The Bertz CT molecular complexity index is 999. The molecule has 0 saturated carbocycles. The maximum absolute atomic E-state index is 12.5. The van der Waals surface area contributed by atoms with E-state index in [4.69, 9.17) is 26.3 Å². The van der Waals surface area contributed by atoms with E-state index in [0.717, 1.165) is 0 Å². The van der Waals surface area contributed by atoms with Gasteiger partial charge >= 0.3 is 5.97 Å². The molecule has 2 amide bonds. The van der Waals surface area contributed by atoms with E-state index in [1.807, 2.05) is 6.07 Å². The zero-order chi connectivity index (χ0) is 23.0. The number of esters is 1. The highest BCUT2D eigenvalue weighted by Crippen LogP contribution is 2.20. The van der Waals surface area contributed by atoms with Crippen molar-refractivity contribution < 1.29 is 23.9 Å². The number of halogens is 1. The van der Waals surface area contributed by atoms with Gasteiger partial charge in [-0.1, -0.05) is 25.4 Å². The van der Waals surface area contributed by atoms with Gasteiger partial charge in [0.25, 0.3) is 11.8 Å². The second kappa shape index (κ2) is 11.0. The van der Waals surface area contributed by atoms with Crippen LogP contribution in [0.2, 0.25) is 5.02 Å². The zero-order valence-corrected chi connectivity index (χ0v) is 18.0. The maximum Gasteiger partial charge on any atom is 0.329 e. The smallest absolute Gasteiger partial charge is 0.329 e. The Kier molecular flexibility index (Phi) is 8.41. The molecule has 8 nitrogen and oxygen atoms in total. The highest BCUT2D eigenvalue weighted by Gasteiger charge is 2.27. The second-order valence-corrected chi connectivity index (χ2v) is 7.32. The van der Waals surface area contributed by atoms with E-state index in [0.29, 0.717) is 16.3 Å². The number of hydrogen-bond donors (Lipinski definition) is 2. The Morgan fingerprint density at radius 1 is 1.13 bits per heavy atom. The summed E-state index contributed by atoms with van der Waals surface area (Å²) in [6.07, 6.45) is 0. The predicted molar refractivity (Wildman–Crippen MR) is 115 cm³/mol. The number of anilines is 1. The molecule has 0 aromatic heterocycles. The van der Waals surface area contributed by atoms with Gasteiger partial charge in [0, 0.05) is 10.6 Å². The summed E-state index contributed by atoms with van der Waals surface area (Å²) in [6, 6.07) is 11.8. The van der Waals surface area contributed by atoms with Crippen molar-refractivity contribution in [3.63, 3.8) is 0 Å². The van der Waals surface area contributed by atoms with Gasteiger partial charge in [-0.3, -0.25) is 9.59 Å². The summed E-state index contributed by atoms with van der Waals surface area (Å²) in [4.78, 5) is 37.1. The molecule has 1 atom stereocenters. The predicted octanol–water partition coefficient (Wildman–Crippen LogP) is 3.16. The van der Waals surface area contributed by atoms with Gasteiger partial charge in [0.2, 0.25) is 0 Å². The molecule has 0 unspecified atom stereocenters. The van der Waals surface area contributed by atoms with Crippen molar-refractivity contribution in [3.05, 3.63) is 58.6 Å². The lowest BCUT2D eigenvalue weighted by molar-refractivity contribution is -0.150. The first-order valence-electron chi connectivity index (χ1n) is 9.36. The first-order valence-corrected chi connectivity index (χ1v) is 9.74. The average Bonchev–Trinajstić information content (AvgIpc) is 2.75. The van der Waals surface area contributed by atoms with Crippen molar-refractivity contribution in [2.24, 2.45) is 5.92 Å². The largest absolute Gasteiger partial charge is 0.497 e. The Labute approximate surface area is 185 Å². The molecule has 31 heavy (non-hydrogen) atoms. The molecule has 9 heteroatoms. The van der Waals surface area contributed by atoms with Crippen molar-refractivity contribution in [3.8, 4) is 11.8 Å².